The number of carboxylic acids is 1. The molecular weight excluding hydrogens is 532 g/mol. The Balaban J connectivity index is 3.96. The average molecular weight is 601 g/mol. The third-order valence-corrected chi connectivity index (χ3v) is 7.80. The maximum atomic E-state index is 12.5. The molecule has 0 amide bonds. The number of hydrogen-bond acceptors (Lipinski definition) is 3. The van der Waals surface area contributed by atoms with E-state index >= 15 is 0 Å². The Kier molecular flexibility index (Phi) is 32.7. The Bertz CT molecular complexity index is 734. The van der Waals surface area contributed by atoms with Crippen LogP contribution < -0.4 is 0 Å². The SMILES string of the molecule is CCCCC/C=C\C/C=C\C/C=C\C/C=C\CCCCCC(=O)OC(CCCCCCCCCCC)CCCCC(=O)O. The van der Waals surface area contributed by atoms with E-state index in [1.165, 1.54) is 77.0 Å². The van der Waals surface area contributed by atoms with E-state index in [2.05, 4.69) is 62.5 Å². The quantitative estimate of drug-likeness (QED) is 0.0474. The molecule has 4 heteroatoms. The number of carboxylic acid groups (broad SMARTS) is 1. The molecule has 0 fully saturated rings. The van der Waals surface area contributed by atoms with Crippen LogP contribution >= 0.6 is 0 Å². The van der Waals surface area contributed by atoms with E-state index in [9.17, 15) is 9.59 Å². The lowest BCUT2D eigenvalue weighted by molar-refractivity contribution is -0.150. The van der Waals surface area contributed by atoms with Gasteiger partial charge in [0.05, 0.1) is 0 Å². The largest absolute Gasteiger partial charge is 0.481 e. The molecule has 0 saturated heterocycles. The third-order valence-electron chi connectivity index (χ3n) is 7.80. The Hall–Kier alpha value is -2.10. The first-order chi connectivity index (χ1) is 21.1. The second-order valence-electron chi connectivity index (χ2n) is 12.1. The molecule has 0 spiro atoms. The maximum absolute atomic E-state index is 12.5. The minimum atomic E-state index is -0.751. The van der Waals surface area contributed by atoms with Crippen LogP contribution in [0.1, 0.15) is 181 Å². The molecule has 1 atom stereocenters. The van der Waals surface area contributed by atoms with Crippen molar-refractivity contribution in [3.63, 3.8) is 0 Å². The number of allylic oxidation sites excluding steroid dienone is 8. The smallest absolute Gasteiger partial charge is 0.306 e. The second-order valence-corrected chi connectivity index (χ2v) is 12.1. The van der Waals surface area contributed by atoms with Gasteiger partial charge in [0.25, 0.3) is 0 Å². The van der Waals surface area contributed by atoms with E-state index in [0.717, 1.165) is 70.6 Å². The fourth-order valence-corrected chi connectivity index (χ4v) is 5.11. The summed E-state index contributed by atoms with van der Waals surface area (Å²) in [5.74, 6) is -0.838. The first-order valence-electron chi connectivity index (χ1n) is 18.1. The molecule has 4 nitrogen and oxygen atoms in total. The van der Waals surface area contributed by atoms with Gasteiger partial charge in [-0.1, -0.05) is 133 Å². The van der Waals surface area contributed by atoms with Crippen molar-refractivity contribution >= 4 is 11.9 Å². The van der Waals surface area contributed by atoms with Crippen LogP contribution in [-0.2, 0) is 14.3 Å². The monoisotopic (exact) mass is 601 g/mol. The van der Waals surface area contributed by atoms with Crippen LogP contribution in [0.25, 0.3) is 0 Å². The van der Waals surface area contributed by atoms with Gasteiger partial charge in [0.2, 0.25) is 0 Å². The summed E-state index contributed by atoms with van der Waals surface area (Å²) < 4.78 is 5.85. The van der Waals surface area contributed by atoms with Crippen molar-refractivity contribution in [1.82, 2.24) is 0 Å². The minimum absolute atomic E-state index is 0.0607. The molecule has 1 N–H and O–H groups in total. The molecule has 0 heterocycles. The van der Waals surface area contributed by atoms with Crippen molar-refractivity contribution in [2.75, 3.05) is 0 Å². The first-order valence-corrected chi connectivity index (χ1v) is 18.1. The van der Waals surface area contributed by atoms with Gasteiger partial charge >= 0.3 is 11.9 Å². The highest BCUT2D eigenvalue weighted by atomic mass is 16.5. The number of rotatable bonds is 32. The molecule has 0 bridgehead atoms. The van der Waals surface area contributed by atoms with E-state index in [0.29, 0.717) is 12.8 Å². The molecule has 0 saturated carbocycles. The lowest BCUT2D eigenvalue weighted by Crippen LogP contribution is -2.18. The number of carbonyl (C=O) groups is 2. The molecule has 0 rings (SSSR count). The van der Waals surface area contributed by atoms with Crippen molar-refractivity contribution in [1.29, 1.82) is 0 Å². The molecule has 0 radical (unpaired) electrons. The van der Waals surface area contributed by atoms with Gasteiger partial charge in [0.15, 0.2) is 0 Å². The van der Waals surface area contributed by atoms with Crippen LogP contribution in [0, 0.1) is 0 Å². The van der Waals surface area contributed by atoms with Crippen molar-refractivity contribution in [3.05, 3.63) is 48.6 Å². The number of unbranched alkanes of at least 4 members (excludes halogenated alkanes) is 15. The number of esters is 1. The Morgan fingerprint density at radius 3 is 1.44 bits per heavy atom. The summed E-state index contributed by atoms with van der Waals surface area (Å²) in [6.07, 6.45) is 45.4. The molecule has 0 aromatic rings. The maximum Gasteiger partial charge on any atom is 0.306 e. The summed E-state index contributed by atoms with van der Waals surface area (Å²) in [5.41, 5.74) is 0. The fraction of sp³-hybridized carbons (Fsp3) is 0.744. The van der Waals surface area contributed by atoms with Crippen molar-refractivity contribution in [2.45, 2.75) is 187 Å². The van der Waals surface area contributed by atoms with Crippen molar-refractivity contribution < 1.29 is 19.4 Å². The van der Waals surface area contributed by atoms with Gasteiger partial charge in [0.1, 0.15) is 6.10 Å². The predicted octanol–water partition coefficient (Wildman–Crippen LogP) is 12.4. The summed E-state index contributed by atoms with van der Waals surface area (Å²) >= 11 is 0. The standard InChI is InChI=1S/C39H68O4/c1-3-5-7-9-11-13-14-15-16-17-18-19-20-21-22-24-26-28-30-36-39(42)43-37(34-31-32-35-38(40)41)33-29-27-25-23-12-10-8-6-4-2/h11,13,15-16,18-19,21-22,37H,3-10,12,14,17,20,23-36H2,1-2H3,(H,40,41)/b13-11-,16-15-,19-18-,22-21-. The average Bonchev–Trinajstić information content (AvgIpc) is 2.99. The molecule has 248 valence electrons. The van der Waals surface area contributed by atoms with E-state index in [1.54, 1.807) is 0 Å². The highest BCUT2D eigenvalue weighted by Gasteiger charge is 2.14. The highest BCUT2D eigenvalue weighted by molar-refractivity contribution is 5.69. The summed E-state index contributed by atoms with van der Waals surface area (Å²) in [7, 11) is 0. The van der Waals surface area contributed by atoms with Gasteiger partial charge < -0.3 is 9.84 Å². The molecule has 43 heavy (non-hydrogen) atoms. The summed E-state index contributed by atoms with van der Waals surface area (Å²) in [4.78, 5) is 23.3. The van der Waals surface area contributed by atoms with Gasteiger partial charge in [-0.05, 0) is 83.5 Å². The molecule has 0 aromatic carbocycles. The van der Waals surface area contributed by atoms with Crippen molar-refractivity contribution in [3.8, 4) is 0 Å². The van der Waals surface area contributed by atoms with Crippen LogP contribution in [0.4, 0.5) is 0 Å². The normalized spacial score (nSPS) is 12.8. The lowest BCUT2D eigenvalue weighted by Gasteiger charge is -2.18. The van der Waals surface area contributed by atoms with Gasteiger partial charge in [-0.3, -0.25) is 9.59 Å². The van der Waals surface area contributed by atoms with Crippen LogP contribution in [0.5, 0.6) is 0 Å². The van der Waals surface area contributed by atoms with Crippen LogP contribution in [0.2, 0.25) is 0 Å². The first kappa shape index (κ1) is 40.9. The summed E-state index contributed by atoms with van der Waals surface area (Å²) in [5, 5.41) is 8.90. The van der Waals surface area contributed by atoms with Gasteiger partial charge in [0, 0.05) is 12.8 Å². The highest BCUT2D eigenvalue weighted by Crippen LogP contribution is 2.18. The summed E-state index contributed by atoms with van der Waals surface area (Å²) in [6.45, 7) is 4.49. The van der Waals surface area contributed by atoms with Crippen LogP contribution in [0.15, 0.2) is 48.6 Å². The van der Waals surface area contributed by atoms with Gasteiger partial charge in [-0.15, -0.1) is 0 Å². The minimum Gasteiger partial charge on any atom is -0.481 e. The molecule has 1 unspecified atom stereocenters. The fourth-order valence-electron chi connectivity index (χ4n) is 5.11. The zero-order chi connectivity index (χ0) is 31.5. The second kappa shape index (κ2) is 34.4. The topological polar surface area (TPSA) is 63.6 Å². The van der Waals surface area contributed by atoms with Crippen LogP contribution in [0.3, 0.4) is 0 Å². The van der Waals surface area contributed by atoms with Crippen LogP contribution in [-0.4, -0.2) is 23.1 Å². The van der Waals surface area contributed by atoms with Gasteiger partial charge in [-0.2, -0.15) is 0 Å². The molecule has 0 aromatic heterocycles. The number of aliphatic carboxylic acids is 1. The zero-order valence-electron chi connectivity index (χ0n) is 28.3. The van der Waals surface area contributed by atoms with E-state index in [1.807, 2.05) is 0 Å². The molecule has 0 aliphatic rings. The number of carbonyl (C=O) groups excluding carboxylic acids is 1. The third kappa shape index (κ3) is 34.3. The zero-order valence-corrected chi connectivity index (χ0v) is 28.3. The molecule has 0 aliphatic heterocycles. The summed E-state index contributed by atoms with van der Waals surface area (Å²) in [6, 6.07) is 0. The van der Waals surface area contributed by atoms with E-state index in [-0.39, 0.29) is 18.5 Å². The number of ether oxygens (including phenoxy) is 1. The van der Waals surface area contributed by atoms with Crippen molar-refractivity contribution in [2.24, 2.45) is 0 Å². The van der Waals surface area contributed by atoms with E-state index < -0.39 is 5.97 Å². The molecular formula is C39H68O4. The Labute approximate surface area is 266 Å². The predicted molar refractivity (Wildman–Crippen MR) is 185 cm³/mol. The Morgan fingerprint density at radius 1 is 0.512 bits per heavy atom. The van der Waals surface area contributed by atoms with E-state index in [4.69, 9.17) is 9.84 Å². The lowest BCUT2D eigenvalue weighted by atomic mass is 10.0. The number of hydrogen-bond donors (Lipinski definition) is 1. The molecule has 0 aliphatic carbocycles. The van der Waals surface area contributed by atoms with Gasteiger partial charge in [-0.25, -0.2) is 0 Å². The Morgan fingerprint density at radius 2 is 0.907 bits per heavy atom.